The first kappa shape index (κ1) is 20.6. The van der Waals surface area contributed by atoms with Crippen molar-refractivity contribution >= 4 is 11.7 Å². The highest BCUT2D eigenvalue weighted by molar-refractivity contribution is 5.97. The van der Waals surface area contributed by atoms with E-state index < -0.39 is 0 Å². The number of rotatable bonds is 6. The number of aromatic nitrogens is 2. The topological polar surface area (TPSA) is 70.6 Å². The van der Waals surface area contributed by atoms with E-state index >= 15 is 0 Å². The Kier molecular flexibility index (Phi) is 5.90. The van der Waals surface area contributed by atoms with E-state index in [1.807, 2.05) is 49.9 Å². The van der Waals surface area contributed by atoms with Gasteiger partial charge in [-0.25, -0.2) is 9.97 Å². The number of nitrogens with one attached hydrogen (secondary N) is 1. The van der Waals surface area contributed by atoms with Gasteiger partial charge in [-0.1, -0.05) is 12.1 Å². The summed E-state index contributed by atoms with van der Waals surface area (Å²) in [5.41, 5.74) is 0.946. The number of ether oxygens (including phenoxy) is 1. The summed E-state index contributed by atoms with van der Waals surface area (Å²) >= 11 is 0. The van der Waals surface area contributed by atoms with E-state index in [1.54, 1.807) is 12.5 Å². The number of carbonyl (C=O) groups is 1. The van der Waals surface area contributed by atoms with Crippen molar-refractivity contribution in [1.82, 2.24) is 20.2 Å². The molecule has 1 aromatic carbocycles. The molecule has 1 spiro atoms. The van der Waals surface area contributed by atoms with E-state index in [-0.39, 0.29) is 11.9 Å². The quantitative estimate of drug-likeness (QED) is 0.789. The summed E-state index contributed by atoms with van der Waals surface area (Å²) in [5, 5.41) is 3.44. The summed E-state index contributed by atoms with van der Waals surface area (Å²) in [6.45, 7) is 10.8. The monoisotopic (exact) mass is 409 g/mol. The van der Waals surface area contributed by atoms with Crippen LogP contribution in [0.2, 0.25) is 0 Å². The predicted molar refractivity (Wildman–Crippen MR) is 117 cm³/mol. The molecule has 2 saturated heterocycles. The van der Waals surface area contributed by atoms with Crippen LogP contribution >= 0.6 is 0 Å². The van der Waals surface area contributed by atoms with Crippen LogP contribution in [-0.2, 0) is 0 Å². The fourth-order valence-corrected chi connectivity index (χ4v) is 4.56. The highest BCUT2D eigenvalue weighted by Gasteiger charge is 2.44. The van der Waals surface area contributed by atoms with Gasteiger partial charge in [0.05, 0.1) is 11.8 Å². The Hall–Kier alpha value is -2.67. The van der Waals surface area contributed by atoms with E-state index in [9.17, 15) is 4.79 Å². The number of nitrogens with zero attached hydrogens (tertiary/aromatic N) is 4. The third-order valence-electron chi connectivity index (χ3n) is 6.24. The van der Waals surface area contributed by atoms with Crippen molar-refractivity contribution in [3.05, 3.63) is 42.4 Å². The van der Waals surface area contributed by atoms with Gasteiger partial charge in [0.1, 0.15) is 12.1 Å². The average Bonchev–Trinajstić information content (AvgIpc) is 2.73. The molecular weight excluding hydrogens is 378 g/mol. The molecule has 0 radical (unpaired) electrons. The van der Waals surface area contributed by atoms with Gasteiger partial charge in [-0.3, -0.25) is 4.79 Å². The van der Waals surface area contributed by atoms with Crippen LogP contribution in [0.1, 0.15) is 44.0 Å². The van der Waals surface area contributed by atoms with Gasteiger partial charge in [0, 0.05) is 31.1 Å². The van der Waals surface area contributed by atoms with Crippen LogP contribution in [0.15, 0.2) is 36.8 Å². The minimum Gasteiger partial charge on any atom is -0.451 e. The maximum absolute atomic E-state index is 13.1. The van der Waals surface area contributed by atoms with Crippen molar-refractivity contribution in [1.29, 1.82) is 0 Å². The third kappa shape index (κ3) is 3.99. The van der Waals surface area contributed by atoms with E-state index in [1.165, 1.54) is 12.8 Å². The van der Waals surface area contributed by atoms with Gasteiger partial charge in [0.25, 0.3) is 5.91 Å². The zero-order chi connectivity index (χ0) is 21.1. The lowest BCUT2D eigenvalue weighted by Crippen LogP contribution is -2.60. The Morgan fingerprint density at radius 2 is 1.97 bits per heavy atom. The number of benzene rings is 1. The Morgan fingerprint density at radius 1 is 1.23 bits per heavy atom. The zero-order valence-corrected chi connectivity index (χ0v) is 18.1. The lowest BCUT2D eigenvalue weighted by atomic mass is 9.72. The Bertz CT molecular complexity index is 887. The number of hydrogen-bond acceptors (Lipinski definition) is 6. The lowest BCUT2D eigenvalue weighted by Gasteiger charge is -2.53. The van der Waals surface area contributed by atoms with Crippen molar-refractivity contribution in [2.75, 3.05) is 37.6 Å². The van der Waals surface area contributed by atoms with Gasteiger partial charge < -0.3 is 19.9 Å². The minimum absolute atomic E-state index is 0.0286. The lowest BCUT2D eigenvalue weighted by molar-refractivity contribution is 0.0714. The van der Waals surface area contributed by atoms with E-state index in [2.05, 4.69) is 20.2 Å². The summed E-state index contributed by atoms with van der Waals surface area (Å²) in [6, 6.07) is 7.53. The van der Waals surface area contributed by atoms with Crippen LogP contribution in [-0.4, -0.2) is 59.5 Å². The maximum atomic E-state index is 13.1. The summed E-state index contributed by atoms with van der Waals surface area (Å²) < 4.78 is 6.24. The fourth-order valence-electron chi connectivity index (χ4n) is 4.56. The van der Waals surface area contributed by atoms with Gasteiger partial charge >= 0.3 is 0 Å². The molecule has 3 heterocycles. The van der Waals surface area contributed by atoms with Gasteiger partial charge in [0.2, 0.25) is 0 Å². The predicted octanol–water partition coefficient (Wildman–Crippen LogP) is 3.33. The van der Waals surface area contributed by atoms with Crippen molar-refractivity contribution < 1.29 is 9.53 Å². The smallest absolute Gasteiger partial charge is 0.257 e. The maximum Gasteiger partial charge on any atom is 0.257 e. The van der Waals surface area contributed by atoms with Crippen molar-refractivity contribution in [2.45, 2.75) is 39.7 Å². The summed E-state index contributed by atoms with van der Waals surface area (Å²) in [5.74, 6) is 1.90. The number of piperidine rings is 1. The average molecular weight is 410 g/mol. The molecule has 2 aromatic rings. The number of carbonyl (C=O) groups excluding carboxylic acids is 1. The van der Waals surface area contributed by atoms with Crippen LogP contribution in [0.3, 0.4) is 0 Å². The van der Waals surface area contributed by atoms with Crippen LogP contribution in [0, 0.1) is 5.41 Å². The highest BCUT2D eigenvalue weighted by Crippen LogP contribution is 2.43. The first-order valence-corrected chi connectivity index (χ1v) is 10.9. The second-order valence-electron chi connectivity index (χ2n) is 8.60. The zero-order valence-electron chi connectivity index (χ0n) is 18.1. The van der Waals surface area contributed by atoms with Crippen LogP contribution in [0.5, 0.6) is 11.5 Å². The first-order valence-electron chi connectivity index (χ1n) is 10.9. The molecule has 1 amide bonds. The van der Waals surface area contributed by atoms with E-state index in [0.29, 0.717) is 29.0 Å². The molecule has 2 aliphatic rings. The largest absolute Gasteiger partial charge is 0.451 e. The Morgan fingerprint density at radius 3 is 2.67 bits per heavy atom. The van der Waals surface area contributed by atoms with Gasteiger partial charge in [-0.15, -0.1) is 0 Å². The summed E-state index contributed by atoms with van der Waals surface area (Å²) in [6.07, 6.45) is 5.65. The third-order valence-corrected chi connectivity index (χ3v) is 6.24. The SMILES string of the molecule is CCN(C(=O)c1ccccc1Oc1cncnc1N1CC2(CCNCC2)C1)C(C)C. The molecule has 2 fully saturated rings. The van der Waals surface area contributed by atoms with Gasteiger partial charge in [-0.05, 0) is 58.8 Å². The van der Waals surface area contributed by atoms with Gasteiger partial charge in [0.15, 0.2) is 11.6 Å². The molecule has 0 saturated carbocycles. The molecule has 7 heteroatoms. The number of amides is 1. The molecule has 0 unspecified atom stereocenters. The van der Waals surface area contributed by atoms with Crippen molar-refractivity contribution in [3.63, 3.8) is 0 Å². The van der Waals surface area contributed by atoms with E-state index in [0.717, 1.165) is 32.0 Å². The number of hydrogen-bond donors (Lipinski definition) is 1. The van der Waals surface area contributed by atoms with Crippen molar-refractivity contribution in [3.8, 4) is 11.5 Å². The molecule has 4 rings (SSSR count). The second-order valence-corrected chi connectivity index (χ2v) is 8.60. The summed E-state index contributed by atoms with van der Waals surface area (Å²) in [7, 11) is 0. The van der Waals surface area contributed by atoms with Crippen LogP contribution < -0.4 is 15.0 Å². The molecule has 1 aromatic heterocycles. The Balaban J connectivity index is 1.56. The van der Waals surface area contributed by atoms with Crippen molar-refractivity contribution in [2.24, 2.45) is 5.41 Å². The normalized spacial score (nSPS) is 17.7. The number of para-hydroxylation sites is 1. The molecule has 0 aliphatic carbocycles. The molecule has 7 nitrogen and oxygen atoms in total. The Labute approximate surface area is 178 Å². The van der Waals surface area contributed by atoms with Crippen LogP contribution in [0.4, 0.5) is 5.82 Å². The molecule has 2 aliphatic heterocycles. The minimum atomic E-state index is -0.0286. The summed E-state index contributed by atoms with van der Waals surface area (Å²) in [4.78, 5) is 25.9. The number of anilines is 1. The van der Waals surface area contributed by atoms with E-state index in [4.69, 9.17) is 4.74 Å². The molecule has 160 valence electrons. The molecule has 0 bridgehead atoms. The second kappa shape index (κ2) is 8.60. The standard InChI is InChI=1S/C23H31N5O2/c1-4-28(17(2)3)22(29)18-7-5-6-8-19(18)30-20-13-25-16-26-21(20)27-14-23(15-27)9-11-24-12-10-23/h5-8,13,16-17,24H,4,9-12,14-15H2,1-3H3. The fraction of sp³-hybridized carbons (Fsp3) is 0.522. The molecule has 30 heavy (non-hydrogen) atoms. The van der Waals surface area contributed by atoms with Crippen LogP contribution in [0.25, 0.3) is 0 Å². The van der Waals surface area contributed by atoms with Gasteiger partial charge in [-0.2, -0.15) is 0 Å². The molecular formula is C23H31N5O2. The first-order chi connectivity index (χ1) is 14.5. The molecule has 1 N–H and O–H groups in total. The molecule has 0 atom stereocenters. The highest BCUT2D eigenvalue weighted by atomic mass is 16.5.